The van der Waals surface area contributed by atoms with Gasteiger partial charge in [0.15, 0.2) is 0 Å². The second-order valence-electron chi connectivity index (χ2n) is 4.54. The summed E-state index contributed by atoms with van der Waals surface area (Å²) in [4.78, 5) is 14.8. The second-order valence-corrected chi connectivity index (χ2v) is 5.45. The van der Waals surface area contributed by atoms with Crippen LogP contribution in [0.15, 0.2) is 16.7 Å². The Labute approximate surface area is 103 Å². The maximum absolute atomic E-state index is 11.9. The second kappa shape index (κ2) is 4.22. The number of aliphatic hydroxyl groups excluding tert-OH is 1. The number of nitrogens with one attached hydrogen (secondary N) is 2. The van der Waals surface area contributed by atoms with Gasteiger partial charge in [0.25, 0.3) is 5.91 Å². The largest absolute Gasteiger partial charge is 0.394 e. The third-order valence-corrected chi connectivity index (χ3v) is 3.56. The number of aromatic nitrogens is 1. The van der Waals surface area contributed by atoms with Gasteiger partial charge in [0.05, 0.1) is 12.1 Å². The molecule has 16 heavy (non-hydrogen) atoms. The number of halogens is 1. The SMILES string of the molecule is C[C@](CO)(NC(=O)c1cc(Br)c[nH]1)C1CC1. The van der Waals surface area contributed by atoms with Crippen LogP contribution in [-0.4, -0.2) is 28.1 Å². The molecule has 1 aliphatic rings. The molecule has 3 N–H and O–H groups in total. The first-order chi connectivity index (χ1) is 7.55. The van der Waals surface area contributed by atoms with Gasteiger partial charge < -0.3 is 15.4 Å². The highest BCUT2D eigenvalue weighted by molar-refractivity contribution is 9.10. The lowest BCUT2D eigenvalue weighted by molar-refractivity contribution is 0.0820. The molecule has 0 saturated heterocycles. The van der Waals surface area contributed by atoms with Crippen LogP contribution in [0.5, 0.6) is 0 Å². The van der Waals surface area contributed by atoms with E-state index in [1.807, 2.05) is 6.92 Å². The monoisotopic (exact) mass is 286 g/mol. The molecule has 0 aromatic carbocycles. The highest BCUT2D eigenvalue weighted by Crippen LogP contribution is 2.39. The zero-order valence-electron chi connectivity index (χ0n) is 9.09. The quantitative estimate of drug-likeness (QED) is 0.788. The van der Waals surface area contributed by atoms with E-state index in [1.54, 1.807) is 12.3 Å². The van der Waals surface area contributed by atoms with E-state index in [0.717, 1.165) is 17.3 Å². The molecule has 0 spiro atoms. The van der Waals surface area contributed by atoms with Crippen LogP contribution in [0.3, 0.4) is 0 Å². The smallest absolute Gasteiger partial charge is 0.268 e. The van der Waals surface area contributed by atoms with E-state index >= 15 is 0 Å². The molecule has 1 amide bonds. The van der Waals surface area contributed by atoms with Gasteiger partial charge >= 0.3 is 0 Å². The average Bonchev–Trinajstić information content (AvgIpc) is 3.02. The Morgan fingerprint density at radius 3 is 2.88 bits per heavy atom. The van der Waals surface area contributed by atoms with Crippen molar-refractivity contribution in [2.45, 2.75) is 25.3 Å². The lowest BCUT2D eigenvalue weighted by Gasteiger charge is -2.28. The Hall–Kier alpha value is -0.810. The minimum absolute atomic E-state index is 0.0225. The van der Waals surface area contributed by atoms with E-state index in [1.165, 1.54) is 0 Å². The predicted molar refractivity (Wildman–Crippen MR) is 64.2 cm³/mol. The van der Waals surface area contributed by atoms with Crippen LogP contribution in [0.2, 0.25) is 0 Å². The third kappa shape index (κ3) is 2.30. The molecule has 2 rings (SSSR count). The maximum atomic E-state index is 11.9. The Morgan fingerprint density at radius 2 is 2.44 bits per heavy atom. The van der Waals surface area contributed by atoms with Gasteiger partial charge in [-0.3, -0.25) is 4.79 Å². The standard InChI is InChI=1S/C11H15BrN2O2/c1-11(6-15,7-2-3-7)14-10(16)9-4-8(12)5-13-9/h4-5,7,13,15H,2-3,6H2,1H3,(H,14,16)/t11-/m1/s1. The highest BCUT2D eigenvalue weighted by atomic mass is 79.9. The minimum atomic E-state index is -0.491. The number of aromatic amines is 1. The van der Waals surface area contributed by atoms with E-state index in [4.69, 9.17) is 0 Å². The molecule has 1 aromatic rings. The van der Waals surface area contributed by atoms with E-state index in [-0.39, 0.29) is 12.5 Å². The summed E-state index contributed by atoms with van der Waals surface area (Å²) < 4.78 is 0.842. The molecule has 1 aliphatic carbocycles. The van der Waals surface area contributed by atoms with Crippen LogP contribution in [0.1, 0.15) is 30.3 Å². The van der Waals surface area contributed by atoms with Gasteiger partial charge in [-0.1, -0.05) is 0 Å². The van der Waals surface area contributed by atoms with Crippen LogP contribution in [0.25, 0.3) is 0 Å². The Morgan fingerprint density at radius 1 is 1.75 bits per heavy atom. The number of hydrogen-bond donors (Lipinski definition) is 3. The first-order valence-corrected chi connectivity index (χ1v) is 6.12. The molecule has 5 heteroatoms. The van der Waals surface area contributed by atoms with Crippen LogP contribution < -0.4 is 5.32 Å². The molecule has 88 valence electrons. The third-order valence-electron chi connectivity index (χ3n) is 3.10. The van der Waals surface area contributed by atoms with Crippen LogP contribution in [0, 0.1) is 5.92 Å². The summed E-state index contributed by atoms with van der Waals surface area (Å²) >= 11 is 3.28. The van der Waals surface area contributed by atoms with Crippen molar-refractivity contribution in [1.82, 2.24) is 10.3 Å². The summed E-state index contributed by atoms with van der Waals surface area (Å²) in [7, 11) is 0. The van der Waals surface area contributed by atoms with Crippen molar-refractivity contribution >= 4 is 21.8 Å². The van der Waals surface area contributed by atoms with Gasteiger partial charge in [0, 0.05) is 10.7 Å². The first kappa shape index (κ1) is 11.7. The number of amides is 1. The molecule has 0 radical (unpaired) electrons. The van der Waals surface area contributed by atoms with Crippen molar-refractivity contribution in [3.63, 3.8) is 0 Å². The molecule has 1 saturated carbocycles. The van der Waals surface area contributed by atoms with Gasteiger partial charge in [-0.25, -0.2) is 0 Å². The average molecular weight is 287 g/mol. The van der Waals surface area contributed by atoms with Crippen LogP contribution >= 0.6 is 15.9 Å². The van der Waals surface area contributed by atoms with E-state index in [2.05, 4.69) is 26.2 Å². The van der Waals surface area contributed by atoms with Gasteiger partial charge in [-0.2, -0.15) is 0 Å². The van der Waals surface area contributed by atoms with Crippen molar-refractivity contribution in [2.24, 2.45) is 5.92 Å². The first-order valence-electron chi connectivity index (χ1n) is 5.32. The number of carbonyl (C=O) groups is 1. The fraction of sp³-hybridized carbons (Fsp3) is 0.545. The van der Waals surface area contributed by atoms with Gasteiger partial charge in [-0.15, -0.1) is 0 Å². The van der Waals surface area contributed by atoms with E-state index in [9.17, 15) is 9.90 Å². The number of aliphatic hydroxyl groups is 1. The molecule has 1 fully saturated rings. The summed E-state index contributed by atoms with van der Waals surface area (Å²) in [5.74, 6) is 0.231. The van der Waals surface area contributed by atoms with Crippen molar-refractivity contribution in [2.75, 3.05) is 6.61 Å². The number of carbonyl (C=O) groups excluding carboxylic acids is 1. The zero-order valence-corrected chi connectivity index (χ0v) is 10.7. The van der Waals surface area contributed by atoms with Crippen molar-refractivity contribution in [3.8, 4) is 0 Å². The Balaban J connectivity index is 2.06. The Kier molecular flexibility index (Phi) is 3.08. The van der Waals surface area contributed by atoms with Crippen molar-refractivity contribution in [3.05, 3.63) is 22.4 Å². The number of rotatable bonds is 4. The minimum Gasteiger partial charge on any atom is -0.394 e. The lowest BCUT2D eigenvalue weighted by atomic mass is 9.97. The van der Waals surface area contributed by atoms with E-state index in [0.29, 0.717) is 11.6 Å². The topological polar surface area (TPSA) is 65.1 Å². The molecule has 0 bridgehead atoms. The summed E-state index contributed by atoms with van der Waals surface area (Å²) in [5, 5.41) is 12.3. The van der Waals surface area contributed by atoms with Gasteiger partial charge in [0.2, 0.25) is 0 Å². The Bertz CT molecular complexity index is 400. The summed E-state index contributed by atoms with van der Waals surface area (Å²) in [5.41, 5.74) is 0.0153. The molecular weight excluding hydrogens is 272 g/mol. The molecule has 4 nitrogen and oxygen atoms in total. The van der Waals surface area contributed by atoms with Gasteiger partial charge in [0.1, 0.15) is 5.69 Å². The predicted octanol–water partition coefficient (Wildman–Crippen LogP) is 1.67. The normalized spacial score (nSPS) is 19.2. The molecule has 0 unspecified atom stereocenters. The van der Waals surface area contributed by atoms with Crippen molar-refractivity contribution < 1.29 is 9.90 Å². The van der Waals surface area contributed by atoms with Gasteiger partial charge in [-0.05, 0) is 47.7 Å². The fourth-order valence-corrected chi connectivity index (χ4v) is 2.16. The lowest BCUT2D eigenvalue weighted by Crippen LogP contribution is -2.50. The van der Waals surface area contributed by atoms with Crippen molar-refractivity contribution in [1.29, 1.82) is 0 Å². The molecule has 0 aliphatic heterocycles. The molecule has 1 heterocycles. The van der Waals surface area contributed by atoms with Crippen LogP contribution in [0.4, 0.5) is 0 Å². The van der Waals surface area contributed by atoms with E-state index < -0.39 is 5.54 Å². The number of hydrogen-bond acceptors (Lipinski definition) is 2. The maximum Gasteiger partial charge on any atom is 0.268 e. The fourth-order valence-electron chi connectivity index (χ4n) is 1.82. The van der Waals surface area contributed by atoms with Crippen LogP contribution in [-0.2, 0) is 0 Å². The summed E-state index contributed by atoms with van der Waals surface area (Å²) in [6.07, 6.45) is 3.86. The molecule has 1 atom stereocenters. The zero-order chi connectivity index (χ0) is 11.8. The highest BCUT2D eigenvalue weighted by Gasteiger charge is 2.42. The summed E-state index contributed by atoms with van der Waals surface area (Å²) in [6, 6.07) is 1.72. The summed E-state index contributed by atoms with van der Waals surface area (Å²) in [6.45, 7) is 1.87. The molecule has 1 aromatic heterocycles. The molecular formula is C11H15BrN2O2. The number of H-pyrrole nitrogens is 1.